The highest BCUT2D eigenvalue weighted by Gasteiger charge is 2.23. The summed E-state index contributed by atoms with van der Waals surface area (Å²) in [6, 6.07) is 2.20. The highest BCUT2D eigenvalue weighted by molar-refractivity contribution is 6.01. The zero-order valence-corrected chi connectivity index (χ0v) is 10.7. The van der Waals surface area contributed by atoms with Gasteiger partial charge in [-0.1, -0.05) is 5.10 Å². The Labute approximate surface area is 117 Å². The van der Waals surface area contributed by atoms with Crippen molar-refractivity contribution in [3.63, 3.8) is 0 Å². The van der Waals surface area contributed by atoms with E-state index in [0.29, 0.717) is 5.89 Å². The fraction of sp³-hybridized carbons (Fsp3) is 0.364. The van der Waals surface area contributed by atoms with Gasteiger partial charge in [-0.25, -0.2) is 0 Å². The van der Waals surface area contributed by atoms with E-state index in [-0.39, 0.29) is 17.8 Å². The number of anilines is 1. The maximum Gasteiger partial charge on any atom is 0.433 e. The van der Waals surface area contributed by atoms with Crippen LogP contribution in [0.4, 0.5) is 11.9 Å². The van der Waals surface area contributed by atoms with E-state index in [2.05, 4.69) is 20.8 Å². The average molecular weight is 293 g/mol. The first-order valence-electron chi connectivity index (χ1n) is 6.26. The number of nitrogens with zero attached hydrogens (tertiary/aromatic N) is 3. The minimum Gasteiger partial charge on any atom is -0.406 e. The van der Waals surface area contributed by atoms with Crippen LogP contribution in [-0.2, 0) is 0 Å². The zero-order chi connectivity index (χ0) is 14.8. The summed E-state index contributed by atoms with van der Waals surface area (Å²) in [6.07, 6.45) is 1.91. The van der Waals surface area contributed by atoms with Gasteiger partial charge in [0.15, 0.2) is 5.76 Å². The van der Waals surface area contributed by atoms with E-state index in [4.69, 9.17) is 8.83 Å². The maximum atomic E-state index is 11.8. The third-order valence-electron chi connectivity index (χ3n) is 3.02. The van der Waals surface area contributed by atoms with E-state index in [1.54, 1.807) is 0 Å². The van der Waals surface area contributed by atoms with Gasteiger partial charge in [-0.3, -0.25) is 20.2 Å². The molecular weight excluding hydrogens is 282 g/mol. The van der Waals surface area contributed by atoms with Gasteiger partial charge in [0, 0.05) is 0 Å². The largest absolute Gasteiger partial charge is 0.433 e. The lowest BCUT2D eigenvalue weighted by molar-refractivity contribution is -0.402. The van der Waals surface area contributed by atoms with Crippen molar-refractivity contribution < 1.29 is 18.6 Å². The number of aromatic nitrogens is 2. The standard InChI is InChI=1S/C11H11N5O5/c17-9(7-3-4-8(20-7)16(18)19)13-11-15-14-10(21-11)6-2-1-5-12-6/h3-4,6,12H,1-2,5H2,(H,13,15,17). The van der Waals surface area contributed by atoms with Crippen LogP contribution in [0.3, 0.4) is 0 Å². The van der Waals surface area contributed by atoms with Crippen LogP contribution >= 0.6 is 0 Å². The van der Waals surface area contributed by atoms with Gasteiger partial charge in [0.2, 0.25) is 5.89 Å². The smallest absolute Gasteiger partial charge is 0.406 e. The summed E-state index contributed by atoms with van der Waals surface area (Å²) in [7, 11) is 0. The van der Waals surface area contributed by atoms with Gasteiger partial charge in [-0.15, -0.1) is 5.10 Å². The predicted molar refractivity (Wildman–Crippen MR) is 67.6 cm³/mol. The Morgan fingerprint density at radius 3 is 2.95 bits per heavy atom. The predicted octanol–water partition coefficient (Wildman–Crippen LogP) is 1.25. The van der Waals surface area contributed by atoms with Crippen LogP contribution < -0.4 is 10.6 Å². The van der Waals surface area contributed by atoms with Gasteiger partial charge >= 0.3 is 11.9 Å². The lowest BCUT2D eigenvalue weighted by Gasteiger charge is -2.02. The second-order valence-corrected chi connectivity index (χ2v) is 4.44. The van der Waals surface area contributed by atoms with Crippen molar-refractivity contribution in [1.82, 2.24) is 15.5 Å². The Morgan fingerprint density at radius 1 is 1.43 bits per heavy atom. The number of nitrogens with one attached hydrogen (secondary N) is 2. The molecule has 1 unspecified atom stereocenters. The molecule has 2 aromatic heterocycles. The third-order valence-corrected chi connectivity index (χ3v) is 3.02. The van der Waals surface area contributed by atoms with Crippen molar-refractivity contribution in [3.05, 3.63) is 33.9 Å². The van der Waals surface area contributed by atoms with Gasteiger partial charge in [0.25, 0.3) is 5.91 Å². The van der Waals surface area contributed by atoms with Crippen LogP contribution in [0.5, 0.6) is 0 Å². The molecule has 1 aliphatic heterocycles. The Kier molecular flexibility index (Phi) is 3.36. The van der Waals surface area contributed by atoms with Gasteiger partial charge < -0.3 is 14.2 Å². The van der Waals surface area contributed by atoms with Gasteiger partial charge in [0.05, 0.1) is 12.1 Å². The summed E-state index contributed by atoms with van der Waals surface area (Å²) in [6.45, 7) is 0.880. The molecule has 3 heterocycles. The zero-order valence-electron chi connectivity index (χ0n) is 10.7. The molecule has 1 fully saturated rings. The molecule has 0 aliphatic carbocycles. The number of rotatable bonds is 4. The fourth-order valence-corrected chi connectivity index (χ4v) is 2.03. The molecule has 10 nitrogen and oxygen atoms in total. The average Bonchev–Trinajstić information content (AvgIpc) is 3.19. The molecular formula is C11H11N5O5. The molecule has 110 valence electrons. The fourth-order valence-electron chi connectivity index (χ4n) is 2.03. The van der Waals surface area contributed by atoms with Crippen molar-refractivity contribution in [3.8, 4) is 0 Å². The van der Waals surface area contributed by atoms with Crippen LogP contribution in [0.1, 0.15) is 35.3 Å². The molecule has 1 amide bonds. The number of carbonyl (C=O) groups is 1. The molecule has 10 heteroatoms. The SMILES string of the molecule is O=C(Nc1nnc(C2CCCN2)o1)c1ccc([N+](=O)[O-])o1. The van der Waals surface area contributed by atoms with Crippen molar-refractivity contribution in [2.45, 2.75) is 18.9 Å². The second kappa shape index (κ2) is 5.32. The van der Waals surface area contributed by atoms with E-state index in [1.807, 2.05) is 0 Å². The molecule has 2 aromatic rings. The molecule has 2 N–H and O–H groups in total. The van der Waals surface area contributed by atoms with Crippen LogP contribution in [0.25, 0.3) is 0 Å². The monoisotopic (exact) mass is 293 g/mol. The summed E-state index contributed by atoms with van der Waals surface area (Å²) in [4.78, 5) is 21.6. The van der Waals surface area contributed by atoms with Crippen molar-refractivity contribution in [1.29, 1.82) is 0 Å². The lowest BCUT2D eigenvalue weighted by Crippen LogP contribution is -2.13. The van der Waals surface area contributed by atoms with Crippen molar-refractivity contribution in [2.75, 3.05) is 11.9 Å². The lowest BCUT2D eigenvalue weighted by atomic mass is 10.2. The van der Waals surface area contributed by atoms with Crippen molar-refractivity contribution in [2.24, 2.45) is 0 Å². The summed E-state index contributed by atoms with van der Waals surface area (Å²) >= 11 is 0. The first kappa shape index (κ1) is 13.2. The normalized spacial score (nSPS) is 17.8. The quantitative estimate of drug-likeness (QED) is 0.634. The van der Waals surface area contributed by atoms with E-state index in [0.717, 1.165) is 25.5 Å². The molecule has 0 spiro atoms. The number of hydrogen-bond acceptors (Lipinski definition) is 8. The second-order valence-electron chi connectivity index (χ2n) is 4.44. The topological polar surface area (TPSA) is 136 Å². The molecule has 1 atom stereocenters. The minimum absolute atomic E-state index is 0.00662. The Bertz CT molecular complexity index is 672. The van der Waals surface area contributed by atoms with E-state index >= 15 is 0 Å². The summed E-state index contributed by atoms with van der Waals surface area (Å²) < 4.78 is 10.1. The Hall–Kier alpha value is -2.75. The molecule has 0 radical (unpaired) electrons. The van der Waals surface area contributed by atoms with Crippen LogP contribution in [-0.4, -0.2) is 27.6 Å². The van der Waals surface area contributed by atoms with Gasteiger partial charge in [-0.05, 0) is 25.5 Å². The first-order valence-corrected chi connectivity index (χ1v) is 6.26. The van der Waals surface area contributed by atoms with Crippen LogP contribution in [0.2, 0.25) is 0 Å². The highest BCUT2D eigenvalue weighted by atomic mass is 16.6. The number of carbonyl (C=O) groups excluding carboxylic acids is 1. The molecule has 1 aliphatic rings. The molecule has 0 bridgehead atoms. The maximum absolute atomic E-state index is 11.8. The van der Waals surface area contributed by atoms with Crippen LogP contribution in [0.15, 0.2) is 21.0 Å². The molecule has 21 heavy (non-hydrogen) atoms. The summed E-state index contributed by atoms with van der Waals surface area (Å²) in [5.74, 6) is -1.02. The number of hydrogen-bond donors (Lipinski definition) is 2. The minimum atomic E-state index is -0.729. The van der Waals surface area contributed by atoms with Gasteiger partial charge in [-0.2, -0.15) is 0 Å². The van der Waals surface area contributed by atoms with Gasteiger partial charge in [0.1, 0.15) is 4.92 Å². The van der Waals surface area contributed by atoms with Crippen LogP contribution in [0, 0.1) is 10.1 Å². The molecule has 1 saturated heterocycles. The first-order chi connectivity index (χ1) is 10.1. The number of nitro groups is 1. The molecule has 0 aromatic carbocycles. The highest BCUT2D eigenvalue weighted by Crippen LogP contribution is 2.23. The van der Waals surface area contributed by atoms with E-state index < -0.39 is 16.7 Å². The Morgan fingerprint density at radius 2 is 2.29 bits per heavy atom. The molecule has 0 saturated carbocycles. The summed E-state index contributed by atoms with van der Waals surface area (Å²) in [5.41, 5.74) is 0. The van der Waals surface area contributed by atoms with Crippen molar-refractivity contribution >= 4 is 17.8 Å². The van der Waals surface area contributed by atoms with E-state index in [1.165, 1.54) is 6.07 Å². The summed E-state index contributed by atoms with van der Waals surface area (Å²) in [5, 5.41) is 23.5. The number of amides is 1. The molecule has 3 rings (SSSR count). The Balaban J connectivity index is 1.67. The number of furan rings is 1. The third kappa shape index (κ3) is 2.74. The van der Waals surface area contributed by atoms with E-state index in [9.17, 15) is 14.9 Å².